The number of likely N-dealkylation sites (N-methyl/N-ethyl adjacent to an activating group) is 1. The molecule has 32 heavy (non-hydrogen) atoms. The lowest BCUT2D eigenvalue weighted by molar-refractivity contribution is -0.125. The molecule has 2 amide bonds. The summed E-state index contributed by atoms with van der Waals surface area (Å²) >= 11 is 12.7. The van der Waals surface area contributed by atoms with E-state index in [0.717, 1.165) is 11.3 Å². The van der Waals surface area contributed by atoms with Crippen molar-refractivity contribution in [3.63, 3.8) is 0 Å². The van der Waals surface area contributed by atoms with Crippen molar-refractivity contribution in [1.82, 2.24) is 4.90 Å². The Labute approximate surface area is 196 Å². The molecule has 8 heteroatoms. The monoisotopic (exact) mass is 475 g/mol. The number of carbonyl (C=O) groups is 2. The van der Waals surface area contributed by atoms with E-state index in [2.05, 4.69) is 11.9 Å². The van der Waals surface area contributed by atoms with E-state index in [0.29, 0.717) is 18.7 Å². The van der Waals surface area contributed by atoms with E-state index in [-0.39, 0.29) is 34.0 Å². The topological polar surface area (TPSA) is 52.7 Å². The maximum atomic E-state index is 15.1. The summed E-state index contributed by atoms with van der Waals surface area (Å²) in [5, 5.41) is 3.78. The fraction of sp³-hybridized carbons (Fsp3) is 0.333. The van der Waals surface area contributed by atoms with Crippen LogP contribution in [-0.4, -0.2) is 36.9 Å². The molecular weight excluding hydrogens is 452 g/mol. The number of nitrogens with one attached hydrogen (secondary N) is 1. The van der Waals surface area contributed by atoms with Gasteiger partial charge < -0.3 is 15.1 Å². The summed E-state index contributed by atoms with van der Waals surface area (Å²) in [6.07, 6.45) is 1.66. The van der Waals surface area contributed by atoms with E-state index in [1.54, 1.807) is 16.8 Å². The highest BCUT2D eigenvalue weighted by atomic mass is 35.5. The van der Waals surface area contributed by atoms with Crippen LogP contribution in [0.3, 0.4) is 0 Å². The van der Waals surface area contributed by atoms with Crippen molar-refractivity contribution in [1.29, 1.82) is 0 Å². The van der Waals surface area contributed by atoms with Crippen LogP contribution in [0.5, 0.6) is 0 Å². The normalized spacial score (nSPS) is 21.6. The Morgan fingerprint density at radius 2 is 1.97 bits per heavy atom. The highest BCUT2D eigenvalue weighted by Crippen LogP contribution is 2.46. The minimum atomic E-state index is -1.00. The molecule has 1 atom stereocenters. The standard InChI is InChI=1S/C24H24Cl2FN3O2/c1-5-19(31)30-11-10-24(13-30,20-17(27)9-8-16(25)21(20)26)28-14-6-7-15-18(12-14)29(4)22(32)23(15,2)3/h5-9,12,28H,1,10-11,13H2,2-4H3/t24-/m1/s1. The van der Waals surface area contributed by atoms with Gasteiger partial charge in [0.15, 0.2) is 0 Å². The lowest BCUT2D eigenvalue weighted by atomic mass is 9.85. The number of likely N-dealkylation sites (tertiary alicyclic amines) is 1. The average Bonchev–Trinajstić information content (AvgIpc) is 3.25. The summed E-state index contributed by atoms with van der Waals surface area (Å²) in [4.78, 5) is 28.2. The van der Waals surface area contributed by atoms with E-state index in [1.807, 2.05) is 32.0 Å². The van der Waals surface area contributed by atoms with Crippen molar-refractivity contribution in [2.75, 3.05) is 30.4 Å². The molecule has 0 spiro atoms. The number of hydrogen-bond acceptors (Lipinski definition) is 3. The Bertz CT molecular complexity index is 1150. The predicted octanol–water partition coefficient (Wildman–Crippen LogP) is 5.11. The third kappa shape index (κ3) is 3.37. The van der Waals surface area contributed by atoms with Crippen LogP contribution in [0.2, 0.25) is 10.0 Å². The number of fused-ring (bicyclic) bond motifs is 1. The van der Waals surface area contributed by atoms with E-state index in [4.69, 9.17) is 23.2 Å². The van der Waals surface area contributed by atoms with Crippen molar-refractivity contribution >= 4 is 46.4 Å². The lowest BCUT2D eigenvalue weighted by Gasteiger charge is -2.34. The first-order valence-corrected chi connectivity index (χ1v) is 11.0. The molecule has 0 saturated carbocycles. The minimum Gasteiger partial charge on any atom is -0.373 e. The molecule has 4 rings (SSSR count). The van der Waals surface area contributed by atoms with Gasteiger partial charge in [-0.1, -0.05) is 35.8 Å². The maximum Gasteiger partial charge on any atom is 0.246 e. The minimum absolute atomic E-state index is 0.00640. The molecule has 168 valence electrons. The van der Waals surface area contributed by atoms with Crippen LogP contribution < -0.4 is 10.2 Å². The number of amides is 2. The number of anilines is 2. The summed E-state index contributed by atoms with van der Waals surface area (Å²) in [5.41, 5.74) is 0.987. The van der Waals surface area contributed by atoms with Gasteiger partial charge in [-0.15, -0.1) is 0 Å². The van der Waals surface area contributed by atoms with Crippen LogP contribution in [-0.2, 0) is 20.5 Å². The molecule has 2 heterocycles. The predicted molar refractivity (Wildman–Crippen MR) is 126 cm³/mol. The van der Waals surface area contributed by atoms with Crippen molar-refractivity contribution in [2.45, 2.75) is 31.2 Å². The molecule has 2 aliphatic rings. The van der Waals surface area contributed by atoms with Gasteiger partial charge in [-0.2, -0.15) is 0 Å². The zero-order valence-corrected chi connectivity index (χ0v) is 19.6. The Morgan fingerprint density at radius 3 is 2.66 bits per heavy atom. The molecule has 2 aromatic rings. The maximum absolute atomic E-state index is 15.1. The summed E-state index contributed by atoms with van der Waals surface area (Å²) < 4.78 is 15.1. The van der Waals surface area contributed by atoms with Gasteiger partial charge in [0.05, 0.1) is 21.0 Å². The number of halogens is 3. The number of carbonyl (C=O) groups excluding carboxylic acids is 2. The summed E-state index contributed by atoms with van der Waals surface area (Å²) in [6.45, 7) is 7.93. The molecule has 1 N–H and O–H groups in total. The van der Waals surface area contributed by atoms with Crippen LogP contribution in [0.4, 0.5) is 15.8 Å². The molecule has 0 radical (unpaired) electrons. The van der Waals surface area contributed by atoms with Gasteiger partial charge in [0, 0.05) is 37.1 Å². The second kappa shape index (κ2) is 7.78. The first kappa shape index (κ1) is 22.6. The van der Waals surface area contributed by atoms with Crippen molar-refractivity contribution in [3.8, 4) is 0 Å². The third-order valence-electron chi connectivity index (χ3n) is 6.53. The Hall–Kier alpha value is -2.57. The van der Waals surface area contributed by atoms with Crippen LogP contribution >= 0.6 is 23.2 Å². The van der Waals surface area contributed by atoms with E-state index >= 15 is 4.39 Å². The Morgan fingerprint density at radius 1 is 1.25 bits per heavy atom. The third-order valence-corrected chi connectivity index (χ3v) is 7.34. The van der Waals surface area contributed by atoms with Crippen molar-refractivity contribution in [3.05, 3.63) is 70.0 Å². The first-order chi connectivity index (χ1) is 15.0. The zero-order chi connectivity index (χ0) is 23.4. The SMILES string of the molecule is C=CC(=O)N1CC[C@](Nc2ccc3c(c2)N(C)C(=O)C3(C)C)(c2c(F)ccc(Cl)c2Cl)C1. The van der Waals surface area contributed by atoms with Crippen molar-refractivity contribution < 1.29 is 14.0 Å². The average molecular weight is 476 g/mol. The second-order valence-corrected chi connectivity index (χ2v) is 9.65. The van der Waals surface area contributed by atoms with Gasteiger partial charge in [0.1, 0.15) is 5.82 Å². The molecule has 2 aliphatic heterocycles. The summed E-state index contributed by atoms with van der Waals surface area (Å²) in [7, 11) is 1.74. The van der Waals surface area contributed by atoms with Crippen LogP contribution in [0.1, 0.15) is 31.4 Å². The first-order valence-electron chi connectivity index (χ1n) is 10.3. The highest BCUT2D eigenvalue weighted by molar-refractivity contribution is 6.42. The smallest absolute Gasteiger partial charge is 0.246 e. The van der Waals surface area contributed by atoms with Crippen molar-refractivity contribution in [2.24, 2.45) is 0 Å². The molecule has 5 nitrogen and oxygen atoms in total. The fourth-order valence-electron chi connectivity index (χ4n) is 4.80. The molecule has 0 aliphatic carbocycles. The van der Waals surface area contributed by atoms with Gasteiger partial charge >= 0.3 is 0 Å². The number of benzene rings is 2. The van der Waals surface area contributed by atoms with Gasteiger partial charge in [-0.25, -0.2) is 4.39 Å². The summed E-state index contributed by atoms with van der Waals surface area (Å²) in [5.74, 6) is -0.741. The zero-order valence-electron chi connectivity index (χ0n) is 18.1. The Balaban J connectivity index is 1.81. The molecule has 1 saturated heterocycles. The lowest BCUT2D eigenvalue weighted by Crippen LogP contribution is -2.41. The van der Waals surface area contributed by atoms with E-state index in [9.17, 15) is 9.59 Å². The summed E-state index contributed by atoms with van der Waals surface area (Å²) in [6, 6.07) is 8.34. The van der Waals surface area contributed by atoms with Crippen LogP contribution in [0.15, 0.2) is 43.0 Å². The second-order valence-electron chi connectivity index (χ2n) is 8.86. The van der Waals surface area contributed by atoms with Crippen LogP contribution in [0, 0.1) is 5.82 Å². The number of nitrogens with zero attached hydrogens (tertiary/aromatic N) is 2. The van der Waals surface area contributed by atoms with Gasteiger partial charge in [-0.3, -0.25) is 9.59 Å². The molecule has 0 aromatic heterocycles. The quantitative estimate of drug-likeness (QED) is 0.493. The van der Waals surface area contributed by atoms with Gasteiger partial charge in [0.2, 0.25) is 11.8 Å². The van der Waals surface area contributed by atoms with Gasteiger partial charge in [-0.05, 0) is 56.2 Å². The van der Waals surface area contributed by atoms with E-state index < -0.39 is 16.8 Å². The molecule has 1 fully saturated rings. The largest absolute Gasteiger partial charge is 0.373 e. The van der Waals surface area contributed by atoms with E-state index in [1.165, 1.54) is 18.2 Å². The number of hydrogen-bond donors (Lipinski definition) is 1. The van der Waals surface area contributed by atoms with Gasteiger partial charge in [0.25, 0.3) is 0 Å². The Kier molecular flexibility index (Phi) is 5.50. The number of rotatable bonds is 4. The molecule has 0 bridgehead atoms. The molecular formula is C24H24Cl2FN3O2. The highest BCUT2D eigenvalue weighted by Gasteiger charge is 2.46. The van der Waals surface area contributed by atoms with Crippen LogP contribution in [0.25, 0.3) is 0 Å². The molecule has 2 aromatic carbocycles. The fourth-order valence-corrected chi connectivity index (χ4v) is 5.29. The molecule has 0 unspecified atom stereocenters.